The highest BCUT2D eigenvalue weighted by atomic mass is 16.5. The summed E-state index contributed by atoms with van der Waals surface area (Å²) in [5.41, 5.74) is 0.799. The van der Waals surface area contributed by atoms with Gasteiger partial charge < -0.3 is 30.7 Å². The second-order valence-corrected chi connectivity index (χ2v) is 15.0. The molecule has 1 aliphatic heterocycles. The van der Waals surface area contributed by atoms with E-state index in [9.17, 15) is 29.1 Å². The molecule has 6 atom stereocenters. The number of hydrogen-bond donors (Lipinski definition) is 4. The van der Waals surface area contributed by atoms with E-state index >= 15 is 0 Å². The molecule has 3 aliphatic rings. The van der Waals surface area contributed by atoms with E-state index in [4.69, 9.17) is 9.72 Å². The summed E-state index contributed by atoms with van der Waals surface area (Å²) in [6, 6.07) is 16.2. The highest BCUT2D eigenvalue weighted by Gasteiger charge is 2.61. The van der Waals surface area contributed by atoms with Gasteiger partial charge in [0.1, 0.15) is 35.5 Å². The zero-order chi connectivity index (χ0) is 37.9. The molecule has 2 heterocycles. The molecule has 1 unspecified atom stereocenters. The first kappa shape index (κ1) is 37.5. The van der Waals surface area contributed by atoms with Gasteiger partial charge in [-0.2, -0.15) is 0 Å². The second kappa shape index (κ2) is 15.8. The Bertz CT molecular complexity index is 1880. The molecule has 280 valence electrons. The van der Waals surface area contributed by atoms with E-state index in [2.05, 4.69) is 22.5 Å². The van der Waals surface area contributed by atoms with Gasteiger partial charge >= 0.3 is 5.97 Å². The average Bonchev–Trinajstić information content (AvgIpc) is 3.72. The van der Waals surface area contributed by atoms with Crippen LogP contribution in [0.5, 0.6) is 5.75 Å². The molecule has 1 saturated heterocycles. The number of carboxylic acids is 1. The number of aliphatic carboxylic acids is 1. The zero-order valence-corrected chi connectivity index (χ0v) is 30.5. The molecule has 2 aliphatic carbocycles. The highest BCUT2D eigenvalue weighted by Crippen LogP contribution is 2.45. The number of nitrogens with zero attached hydrogens (tertiary/aromatic N) is 2. The summed E-state index contributed by atoms with van der Waals surface area (Å²) in [6.45, 7) is 8.72. The van der Waals surface area contributed by atoms with Crippen LogP contribution in [0.3, 0.4) is 0 Å². The van der Waals surface area contributed by atoms with E-state index in [1.807, 2.05) is 74.5 Å². The molecule has 1 aromatic heterocycles. The van der Waals surface area contributed by atoms with Crippen LogP contribution in [-0.2, 0) is 24.0 Å². The largest absolute Gasteiger partial charge is 0.488 e. The van der Waals surface area contributed by atoms with E-state index in [1.54, 1.807) is 0 Å². The van der Waals surface area contributed by atoms with Crippen LogP contribution in [0.2, 0.25) is 0 Å². The number of likely N-dealkylation sites (tertiary alicyclic amines) is 1. The third-order valence-corrected chi connectivity index (χ3v) is 10.9. The van der Waals surface area contributed by atoms with Gasteiger partial charge in [0.2, 0.25) is 23.6 Å². The topological polar surface area (TPSA) is 167 Å². The monoisotopic (exact) mass is 723 g/mol. The number of hydrogen-bond acceptors (Lipinski definition) is 7. The molecule has 3 aromatic rings. The number of aromatic nitrogens is 1. The molecule has 4 N–H and O–H groups in total. The minimum atomic E-state index is -1.50. The van der Waals surface area contributed by atoms with Crippen molar-refractivity contribution in [2.75, 3.05) is 6.54 Å². The molecular weight excluding hydrogens is 674 g/mol. The number of carbonyl (C=O) groups is 5. The Morgan fingerprint density at radius 2 is 1.70 bits per heavy atom. The van der Waals surface area contributed by atoms with E-state index in [-0.39, 0.29) is 37.1 Å². The Kier molecular flexibility index (Phi) is 11.2. The lowest BCUT2D eigenvalue weighted by Gasteiger charge is -2.34. The summed E-state index contributed by atoms with van der Waals surface area (Å²) in [5, 5.41) is 19.3. The highest BCUT2D eigenvalue weighted by molar-refractivity contribution is 5.97. The van der Waals surface area contributed by atoms with Crippen molar-refractivity contribution in [3.8, 4) is 17.0 Å². The lowest BCUT2D eigenvalue weighted by atomic mass is 9.83. The summed E-state index contributed by atoms with van der Waals surface area (Å²) in [6.07, 6.45) is 5.69. The van der Waals surface area contributed by atoms with Crippen molar-refractivity contribution in [2.24, 2.45) is 17.8 Å². The van der Waals surface area contributed by atoms with Crippen LogP contribution in [0.15, 0.2) is 73.3 Å². The number of rotatable bonds is 13. The van der Waals surface area contributed by atoms with Crippen molar-refractivity contribution >= 4 is 40.5 Å². The third kappa shape index (κ3) is 8.06. The van der Waals surface area contributed by atoms with Crippen molar-refractivity contribution in [3.63, 3.8) is 0 Å². The number of para-hydroxylation sites is 1. The van der Waals surface area contributed by atoms with Crippen LogP contribution in [0, 0.1) is 17.8 Å². The number of nitrogens with one attached hydrogen (secondary N) is 3. The average molecular weight is 724 g/mol. The van der Waals surface area contributed by atoms with Crippen LogP contribution in [-0.4, -0.2) is 80.9 Å². The quantitative estimate of drug-likeness (QED) is 0.186. The van der Waals surface area contributed by atoms with Crippen LogP contribution in [0.4, 0.5) is 0 Å². The molecule has 2 saturated carbocycles. The number of ether oxygens (including phenoxy) is 1. The fourth-order valence-electron chi connectivity index (χ4n) is 7.89. The summed E-state index contributed by atoms with van der Waals surface area (Å²) >= 11 is 0. The van der Waals surface area contributed by atoms with E-state index in [0.717, 1.165) is 43.1 Å². The number of carboxylic acid groups (broad SMARTS) is 1. The summed E-state index contributed by atoms with van der Waals surface area (Å²) in [4.78, 5) is 73.3. The van der Waals surface area contributed by atoms with Gasteiger partial charge in [0, 0.05) is 36.3 Å². The van der Waals surface area contributed by atoms with Gasteiger partial charge in [-0.15, -0.1) is 6.58 Å². The Morgan fingerprint density at radius 3 is 2.34 bits per heavy atom. The van der Waals surface area contributed by atoms with Gasteiger partial charge in [-0.05, 0) is 43.2 Å². The van der Waals surface area contributed by atoms with Crippen molar-refractivity contribution in [3.05, 3.63) is 73.3 Å². The second-order valence-electron chi connectivity index (χ2n) is 15.0. The van der Waals surface area contributed by atoms with Gasteiger partial charge in [-0.25, -0.2) is 9.78 Å². The Hall–Kier alpha value is -5.26. The zero-order valence-electron chi connectivity index (χ0n) is 30.5. The van der Waals surface area contributed by atoms with Crippen LogP contribution < -0.4 is 20.7 Å². The van der Waals surface area contributed by atoms with Crippen molar-refractivity contribution in [1.29, 1.82) is 0 Å². The Balaban J connectivity index is 1.30. The van der Waals surface area contributed by atoms with Crippen molar-refractivity contribution < 1.29 is 33.8 Å². The molecule has 3 fully saturated rings. The van der Waals surface area contributed by atoms with Crippen molar-refractivity contribution in [1.82, 2.24) is 25.8 Å². The van der Waals surface area contributed by atoms with Gasteiger partial charge in [0.25, 0.3) is 0 Å². The number of benzene rings is 2. The smallest absolute Gasteiger partial charge is 0.330 e. The minimum Gasteiger partial charge on any atom is -0.488 e. The maximum atomic E-state index is 14.6. The first-order valence-electron chi connectivity index (χ1n) is 18.6. The third-order valence-electron chi connectivity index (χ3n) is 10.9. The number of carbonyl (C=O) groups excluding carboxylic acids is 4. The molecule has 6 rings (SSSR count). The number of fused-ring (bicyclic) bond motifs is 1. The van der Waals surface area contributed by atoms with Gasteiger partial charge in [0.05, 0.1) is 17.8 Å². The predicted octanol–water partition coefficient (Wildman–Crippen LogP) is 4.62. The molecule has 0 bridgehead atoms. The Morgan fingerprint density at radius 1 is 1.00 bits per heavy atom. The van der Waals surface area contributed by atoms with Crippen LogP contribution in [0.25, 0.3) is 22.2 Å². The standard InChI is InChI=1S/C41H49N5O7/c1-5-28-22-41(28,40(51)52)45-37(48)33-20-29(53-34-21-32(26-14-8-6-9-15-26)43-31-19-13-12-18-30(31)34)23-46(33)39(50)35(24(2)3)44-38(49)36(42-25(4)47)27-16-10-7-11-17-27/h5-6,8-9,12-15,18-19,21,24,27-29,33,35-36H,1,7,10-11,16-17,20,22-23H2,2-4H3,(H,42,47)(H,44,49)(H,45,48)(H,51,52)/t28-,29-,33?,35+,36+,41-/m1/s1. The van der Waals surface area contributed by atoms with Gasteiger partial charge in [-0.1, -0.05) is 81.7 Å². The van der Waals surface area contributed by atoms with E-state index in [1.165, 1.54) is 17.9 Å². The summed E-state index contributed by atoms with van der Waals surface area (Å²) in [5.74, 6) is -3.41. The van der Waals surface area contributed by atoms with E-state index < -0.39 is 59.4 Å². The summed E-state index contributed by atoms with van der Waals surface area (Å²) in [7, 11) is 0. The molecule has 12 heteroatoms. The fourth-order valence-corrected chi connectivity index (χ4v) is 7.89. The molecule has 53 heavy (non-hydrogen) atoms. The van der Waals surface area contributed by atoms with Gasteiger partial charge in [0.15, 0.2) is 0 Å². The Labute approximate surface area is 309 Å². The normalized spacial score (nSPS) is 23.8. The van der Waals surface area contributed by atoms with E-state index in [0.29, 0.717) is 17.0 Å². The SMILES string of the molecule is C=C[C@@H]1C[C@]1(NC(=O)C1C[C@@H](Oc2cc(-c3ccccc3)nc3ccccc23)CN1C(=O)[C@@H](NC(=O)[C@@H](NC(C)=O)C1CCCCC1)C(C)C)C(=O)O. The molecular formula is C41H49N5O7. The molecule has 0 spiro atoms. The molecule has 12 nitrogen and oxygen atoms in total. The van der Waals surface area contributed by atoms with Crippen molar-refractivity contribution in [2.45, 2.75) is 95.5 Å². The lowest BCUT2D eigenvalue weighted by Crippen LogP contribution is -2.60. The lowest BCUT2D eigenvalue weighted by molar-refractivity contribution is -0.146. The van der Waals surface area contributed by atoms with Gasteiger partial charge in [-0.3, -0.25) is 19.2 Å². The van der Waals surface area contributed by atoms with Crippen LogP contribution in [0.1, 0.15) is 65.7 Å². The maximum Gasteiger partial charge on any atom is 0.330 e. The predicted molar refractivity (Wildman–Crippen MR) is 199 cm³/mol. The fraction of sp³-hybridized carbons (Fsp3) is 0.463. The summed E-state index contributed by atoms with van der Waals surface area (Å²) < 4.78 is 6.65. The first-order valence-corrected chi connectivity index (χ1v) is 18.6. The minimum absolute atomic E-state index is 0.00996. The number of pyridine rings is 1. The molecule has 4 amide bonds. The first-order chi connectivity index (χ1) is 25.4. The maximum absolute atomic E-state index is 14.6. The molecule has 0 radical (unpaired) electrons. The van der Waals surface area contributed by atoms with Crippen LogP contribution >= 0.6 is 0 Å². The molecule has 2 aromatic carbocycles. The number of amides is 4.